The van der Waals surface area contributed by atoms with E-state index in [1.165, 1.54) is 18.2 Å². The largest absolute Gasteiger partial charge is 0.468 e. The van der Waals surface area contributed by atoms with Gasteiger partial charge in [0.25, 0.3) is 0 Å². The van der Waals surface area contributed by atoms with Gasteiger partial charge >= 0.3 is 0 Å². The third kappa shape index (κ3) is 3.41. The van der Waals surface area contributed by atoms with Crippen LogP contribution in [0.5, 0.6) is 0 Å². The van der Waals surface area contributed by atoms with Crippen molar-refractivity contribution < 1.29 is 13.2 Å². The third-order valence-corrected chi connectivity index (χ3v) is 3.15. The van der Waals surface area contributed by atoms with Gasteiger partial charge < -0.3 is 9.73 Å². The smallest absolute Gasteiger partial charge is 0.129 e. The van der Waals surface area contributed by atoms with Crippen LogP contribution in [-0.4, -0.2) is 6.04 Å². The van der Waals surface area contributed by atoms with Gasteiger partial charge in [-0.15, -0.1) is 0 Å². The van der Waals surface area contributed by atoms with E-state index in [4.69, 9.17) is 4.42 Å². The second kappa shape index (κ2) is 5.97. The Morgan fingerprint density at radius 3 is 2.47 bits per heavy atom. The van der Waals surface area contributed by atoms with Crippen LogP contribution in [0.2, 0.25) is 0 Å². The van der Waals surface area contributed by atoms with Crippen LogP contribution in [0.15, 0.2) is 34.9 Å². The fourth-order valence-corrected chi connectivity index (χ4v) is 1.96. The van der Waals surface area contributed by atoms with E-state index in [-0.39, 0.29) is 11.6 Å². The van der Waals surface area contributed by atoms with Gasteiger partial charge in [0, 0.05) is 11.6 Å². The van der Waals surface area contributed by atoms with Crippen LogP contribution in [0.1, 0.15) is 23.8 Å². The first kappa shape index (κ1) is 13.7. The van der Waals surface area contributed by atoms with Gasteiger partial charge in [0.05, 0.1) is 12.8 Å². The molecule has 0 aliphatic heterocycles. The van der Waals surface area contributed by atoms with Crippen LogP contribution < -0.4 is 5.32 Å². The van der Waals surface area contributed by atoms with Gasteiger partial charge in [0.15, 0.2) is 0 Å². The summed E-state index contributed by atoms with van der Waals surface area (Å²) in [5.41, 5.74) is 1.19. The van der Waals surface area contributed by atoms with Crippen molar-refractivity contribution in [3.63, 3.8) is 0 Å². The summed E-state index contributed by atoms with van der Waals surface area (Å²) in [6, 6.07) is 5.77. The second-order valence-electron chi connectivity index (χ2n) is 4.71. The number of benzene rings is 1. The molecule has 1 aromatic heterocycles. The molecule has 2 nitrogen and oxygen atoms in total. The zero-order valence-corrected chi connectivity index (χ0v) is 11.0. The Balaban J connectivity index is 1.94. The quantitative estimate of drug-likeness (QED) is 0.893. The van der Waals surface area contributed by atoms with Gasteiger partial charge in [-0.25, -0.2) is 8.78 Å². The van der Waals surface area contributed by atoms with E-state index in [9.17, 15) is 8.78 Å². The van der Waals surface area contributed by atoms with Crippen LogP contribution in [-0.2, 0) is 13.0 Å². The molecular weight excluding hydrogens is 248 g/mol. The molecule has 2 aromatic rings. The molecule has 0 fully saturated rings. The summed E-state index contributed by atoms with van der Waals surface area (Å²) in [6.45, 7) is 4.40. The molecule has 0 radical (unpaired) electrons. The van der Waals surface area contributed by atoms with E-state index in [0.717, 1.165) is 11.3 Å². The summed E-state index contributed by atoms with van der Waals surface area (Å²) in [5, 5.41) is 3.20. The topological polar surface area (TPSA) is 25.2 Å². The van der Waals surface area contributed by atoms with E-state index < -0.39 is 11.6 Å². The van der Waals surface area contributed by atoms with E-state index >= 15 is 0 Å². The van der Waals surface area contributed by atoms with Crippen molar-refractivity contribution >= 4 is 0 Å². The average molecular weight is 265 g/mol. The van der Waals surface area contributed by atoms with Crippen LogP contribution in [0.3, 0.4) is 0 Å². The van der Waals surface area contributed by atoms with Crippen LogP contribution in [0, 0.1) is 18.6 Å². The minimum atomic E-state index is -0.497. The number of rotatable bonds is 5. The molecule has 1 aromatic carbocycles. The molecule has 102 valence electrons. The number of halogens is 2. The SMILES string of the molecule is Cc1ccoc1CNC(C)Cc1c(F)cccc1F. The Bertz CT molecular complexity index is 531. The summed E-state index contributed by atoms with van der Waals surface area (Å²) in [7, 11) is 0. The predicted octanol–water partition coefficient (Wildman–Crippen LogP) is 3.59. The lowest BCUT2D eigenvalue weighted by Gasteiger charge is -2.14. The van der Waals surface area contributed by atoms with Gasteiger partial charge in [0.1, 0.15) is 17.4 Å². The number of hydrogen-bond acceptors (Lipinski definition) is 2. The molecule has 1 heterocycles. The number of nitrogens with one attached hydrogen (secondary N) is 1. The van der Waals surface area contributed by atoms with Crippen molar-refractivity contribution in [2.24, 2.45) is 0 Å². The lowest BCUT2D eigenvalue weighted by molar-refractivity contribution is 0.443. The Morgan fingerprint density at radius 2 is 1.89 bits per heavy atom. The minimum absolute atomic E-state index is 0.0455. The summed E-state index contributed by atoms with van der Waals surface area (Å²) in [5.74, 6) is -0.147. The molecule has 0 aliphatic carbocycles. The summed E-state index contributed by atoms with van der Waals surface area (Å²) < 4.78 is 32.3. The Kier molecular flexibility index (Phi) is 4.32. The Labute approximate surface area is 111 Å². The van der Waals surface area contributed by atoms with E-state index in [1.54, 1.807) is 6.26 Å². The molecule has 4 heteroatoms. The molecule has 2 rings (SSSR count). The minimum Gasteiger partial charge on any atom is -0.468 e. The molecule has 1 atom stereocenters. The lowest BCUT2D eigenvalue weighted by atomic mass is 10.1. The van der Waals surface area contributed by atoms with Crippen molar-refractivity contribution in [2.45, 2.75) is 32.9 Å². The fourth-order valence-electron chi connectivity index (χ4n) is 1.96. The molecule has 0 amide bonds. The first-order valence-corrected chi connectivity index (χ1v) is 6.27. The normalized spacial score (nSPS) is 12.6. The number of hydrogen-bond donors (Lipinski definition) is 1. The molecule has 0 spiro atoms. The van der Waals surface area contributed by atoms with Crippen LogP contribution in [0.4, 0.5) is 8.78 Å². The van der Waals surface area contributed by atoms with E-state index in [1.807, 2.05) is 19.9 Å². The fraction of sp³-hybridized carbons (Fsp3) is 0.333. The maximum Gasteiger partial charge on any atom is 0.129 e. The molecule has 0 saturated carbocycles. The van der Waals surface area contributed by atoms with E-state index in [2.05, 4.69) is 5.32 Å². The highest BCUT2D eigenvalue weighted by molar-refractivity contribution is 5.20. The summed E-state index contributed by atoms with van der Waals surface area (Å²) in [4.78, 5) is 0. The standard InChI is InChI=1S/C15H17F2NO/c1-10-6-7-19-15(10)9-18-11(2)8-12-13(16)4-3-5-14(12)17/h3-7,11,18H,8-9H2,1-2H3. The van der Waals surface area contributed by atoms with Crippen molar-refractivity contribution in [3.05, 3.63) is 59.1 Å². The monoisotopic (exact) mass is 265 g/mol. The highest BCUT2D eigenvalue weighted by Gasteiger charge is 2.13. The maximum absolute atomic E-state index is 13.5. The highest BCUT2D eigenvalue weighted by Crippen LogP contribution is 2.15. The molecule has 1 unspecified atom stereocenters. The molecule has 19 heavy (non-hydrogen) atoms. The van der Waals surface area contributed by atoms with Crippen molar-refractivity contribution in [3.8, 4) is 0 Å². The zero-order valence-electron chi connectivity index (χ0n) is 11.0. The molecule has 1 N–H and O–H groups in total. The third-order valence-electron chi connectivity index (χ3n) is 3.15. The molecule has 0 aliphatic rings. The molecule has 0 bridgehead atoms. The summed E-state index contributed by atoms with van der Waals surface area (Å²) >= 11 is 0. The lowest BCUT2D eigenvalue weighted by Crippen LogP contribution is -2.28. The van der Waals surface area contributed by atoms with Gasteiger partial charge in [-0.05, 0) is 44.0 Å². The van der Waals surface area contributed by atoms with Gasteiger partial charge in [-0.1, -0.05) is 6.07 Å². The van der Waals surface area contributed by atoms with Gasteiger partial charge in [0.2, 0.25) is 0 Å². The van der Waals surface area contributed by atoms with Gasteiger partial charge in [-0.3, -0.25) is 0 Å². The number of aryl methyl sites for hydroxylation is 1. The van der Waals surface area contributed by atoms with Gasteiger partial charge in [-0.2, -0.15) is 0 Å². The first-order valence-electron chi connectivity index (χ1n) is 6.27. The maximum atomic E-state index is 13.5. The first-order chi connectivity index (χ1) is 9.08. The van der Waals surface area contributed by atoms with Crippen LogP contribution in [0.25, 0.3) is 0 Å². The predicted molar refractivity (Wildman–Crippen MR) is 69.8 cm³/mol. The summed E-state index contributed by atoms with van der Waals surface area (Å²) in [6.07, 6.45) is 1.94. The van der Waals surface area contributed by atoms with Crippen molar-refractivity contribution in [1.29, 1.82) is 0 Å². The second-order valence-corrected chi connectivity index (χ2v) is 4.71. The van der Waals surface area contributed by atoms with Crippen molar-refractivity contribution in [1.82, 2.24) is 5.32 Å². The zero-order chi connectivity index (χ0) is 13.8. The Morgan fingerprint density at radius 1 is 1.21 bits per heavy atom. The average Bonchev–Trinajstić information content (AvgIpc) is 2.77. The highest BCUT2D eigenvalue weighted by atomic mass is 19.1. The molecule has 0 saturated heterocycles. The van der Waals surface area contributed by atoms with E-state index in [0.29, 0.717) is 13.0 Å². The van der Waals surface area contributed by atoms with Crippen molar-refractivity contribution in [2.75, 3.05) is 0 Å². The number of furan rings is 1. The molecular formula is C15H17F2NO. The Hall–Kier alpha value is -1.68. The van der Waals surface area contributed by atoms with Crippen LogP contribution >= 0.6 is 0 Å².